The lowest BCUT2D eigenvalue weighted by Gasteiger charge is -2.19. The van der Waals surface area contributed by atoms with Gasteiger partial charge in [-0.1, -0.05) is 17.7 Å². The van der Waals surface area contributed by atoms with Gasteiger partial charge in [-0.3, -0.25) is 14.5 Å². The normalized spacial score (nSPS) is 28.0. The number of ether oxygens (including phenoxy) is 1. The molecular weight excluding hydrogens is 354 g/mol. The number of nitrogens with zero attached hydrogens (tertiary/aromatic N) is 1. The van der Waals surface area contributed by atoms with Gasteiger partial charge in [0.05, 0.1) is 23.1 Å². The van der Waals surface area contributed by atoms with E-state index in [9.17, 15) is 14.4 Å². The van der Waals surface area contributed by atoms with Crippen LogP contribution in [0.15, 0.2) is 48.5 Å². The van der Waals surface area contributed by atoms with Crippen LogP contribution >= 0.6 is 0 Å². The Bertz CT molecular complexity index is 935. The average Bonchev–Trinajstić information content (AvgIpc) is 3.37. The number of rotatable bonds is 3. The summed E-state index contributed by atoms with van der Waals surface area (Å²) in [7, 11) is 0. The molecule has 1 heterocycles. The minimum atomic E-state index is -0.438. The zero-order chi connectivity index (χ0) is 19.4. The minimum absolute atomic E-state index is 0.0633. The first-order valence-electron chi connectivity index (χ1n) is 9.79. The number of aryl methyl sites for hydroxylation is 1. The molecule has 3 fully saturated rings. The van der Waals surface area contributed by atoms with Crippen LogP contribution < -0.4 is 9.64 Å². The van der Waals surface area contributed by atoms with E-state index < -0.39 is 5.97 Å². The molecule has 5 heteroatoms. The van der Waals surface area contributed by atoms with Crippen molar-refractivity contribution in [2.75, 3.05) is 4.90 Å². The first-order chi connectivity index (χ1) is 13.5. The molecule has 1 aliphatic heterocycles. The van der Waals surface area contributed by atoms with Crippen molar-refractivity contribution in [3.8, 4) is 5.75 Å². The Hall–Kier alpha value is -2.95. The molecule has 0 N–H and O–H groups in total. The Balaban J connectivity index is 1.33. The molecule has 5 rings (SSSR count). The minimum Gasteiger partial charge on any atom is -0.423 e. The maximum Gasteiger partial charge on any atom is 0.343 e. The molecule has 2 amide bonds. The van der Waals surface area contributed by atoms with E-state index in [0.717, 1.165) is 24.8 Å². The van der Waals surface area contributed by atoms with Gasteiger partial charge in [0, 0.05) is 0 Å². The summed E-state index contributed by atoms with van der Waals surface area (Å²) in [5, 5.41) is 0. The number of hydrogen-bond acceptors (Lipinski definition) is 4. The molecule has 3 aliphatic rings. The second kappa shape index (κ2) is 6.30. The number of carbonyl (C=O) groups excluding carboxylic acids is 3. The molecule has 142 valence electrons. The highest BCUT2D eigenvalue weighted by molar-refractivity contribution is 6.22. The Morgan fingerprint density at radius 3 is 2.04 bits per heavy atom. The van der Waals surface area contributed by atoms with E-state index in [0.29, 0.717) is 28.8 Å². The van der Waals surface area contributed by atoms with Crippen LogP contribution in [-0.4, -0.2) is 17.8 Å². The highest BCUT2D eigenvalue weighted by atomic mass is 16.5. The van der Waals surface area contributed by atoms with Gasteiger partial charge >= 0.3 is 5.97 Å². The van der Waals surface area contributed by atoms with Crippen LogP contribution in [0.2, 0.25) is 0 Å². The predicted octanol–water partition coefficient (Wildman–Crippen LogP) is 3.75. The van der Waals surface area contributed by atoms with Gasteiger partial charge in [0.2, 0.25) is 11.8 Å². The van der Waals surface area contributed by atoms with Crippen LogP contribution in [0.25, 0.3) is 0 Å². The van der Waals surface area contributed by atoms with Crippen molar-refractivity contribution in [3.63, 3.8) is 0 Å². The van der Waals surface area contributed by atoms with E-state index in [1.807, 2.05) is 19.1 Å². The largest absolute Gasteiger partial charge is 0.423 e. The third-order valence-electron chi connectivity index (χ3n) is 6.52. The van der Waals surface area contributed by atoms with E-state index in [1.165, 1.54) is 4.90 Å². The lowest BCUT2D eigenvalue weighted by atomic mass is 9.81. The van der Waals surface area contributed by atoms with Crippen molar-refractivity contribution in [2.45, 2.75) is 26.2 Å². The zero-order valence-corrected chi connectivity index (χ0v) is 15.6. The van der Waals surface area contributed by atoms with Gasteiger partial charge in [-0.25, -0.2) is 4.79 Å². The standard InChI is InChI=1S/C23H21NO4/c1-13-2-4-14(5-3-13)23(27)28-18-10-8-17(9-11-18)24-21(25)19-15-6-7-16(12-15)20(19)22(24)26/h2-5,8-11,15-16,19-20H,6-7,12H2,1H3/t15-,16-,19-,20+/m0/s1. The number of hydrogen-bond donors (Lipinski definition) is 0. The fourth-order valence-electron chi connectivity index (χ4n) is 5.18. The first-order valence-corrected chi connectivity index (χ1v) is 9.79. The first kappa shape index (κ1) is 17.2. The zero-order valence-electron chi connectivity index (χ0n) is 15.6. The molecule has 2 aromatic carbocycles. The third kappa shape index (κ3) is 2.57. The molecule has 0 spiro atoms. The molecule has 2 aromatic rings. The van der Waals surface area contributed by atoms with Gasteiger partial charge in [-0.05, 0) is 74.4 Å². The van der Waals surface area contributed by atoms with Gasteiger partial charge in [-0.15, -0.1) is 0 Å². The molecule has 0 aromatic heterocycles. The van der Waals surface area contributed by atoms with Crippen LogP contribution in [0.1, 0.15) is 35.2 Å². The fourth-order valence-corrected chi connectivity index (χ4v) is 5.18. The molecule has 1 saturated heterocycles. The van der Waals surface area contributed by atoms with Crippen molar-refractivity contribution < 1.29 is 19.1 Å². The monoisotopic (exact) mass is 375 g/mol. The quantitative estimate of drug-likeness (QED) is 0.466. The van der Waals surface area contributed by atoms with E-state index in [2.05, 4.69) is 0 Å². The molecule has 2 aliphatic carbocycles. The van der Waals surface area contributed by atoms with E-state index >= 15 is 0 Å². The van der Waals surface area contributed by atoms with Crippen LogP contribution in [0.5, 0.6) is 5.75 Å². The Morgan fingerprint density at radius 2 is 1.46 bits per heavy atom. The third-order valence-corrected chi connectivity index (χ3v) is 6.52. The summed E-state index contributed by atoms with van der Waals surface area (Å²) < 4.78 is 5.40. The summed E-state index contributed by atoms with van der Waals surface area (Å²) in [6.07, 6.45) is 3.15. The van der Waals surface area contributed by atoms with Gasteiger partial charge in [0.1, 0.15) is 5.75 Å². The second-order valence-electron chi connectivity index (χ2n) is 8.15. The number of esters is 1. The predicted molar refractivity (Wildman–Crippen MR) is 103 cm³/mol. The van der Waals surface area contributed by atoms with Gasteiger partial charge in [0.25, 0.3) is 0 Å². The summed E-state index contributed by atoms with van der Waals surface area (Å²) in [6, 6.07) is 13.8. The molecule has 2 bridgehead atoms. The van der Waals surface area contributed by atoms with Crippen molar-refractivity contribution in [3.05, 3.63) is 59.7 Å². The maximum absolute atomic E-state index is 12.9. The summed E-state index contributed by atoms with van der Waals surface area (Å²) in [5.74, 6) is 0.284. The molecule has 0 radical (unpaired) electrons. The van der Waals surface area contributed by atoms with E-state index in [-0.39, 0.29) is 23.7 Å². The van der Waals surface area contributed by atoms with Gasteiger partial charge in [-0.2, -0.15) is 0 Å². The number of amides is 2. The lowest BCUT2D eigenvalue weighted by Crippen LogP contribution is -2.32. The lowest BCUT2D eigenvalue weighted by molar-refractivity contribution is -0.123. The second-order valence-corrected chi connectivity index (χ2v) is 8.15. The summed E-state index contributed by atoms with van der Waals surface area (Å²) >= 11 is 0. The molecule has 4 atom stereocenters. The molecular formula is C23H21NO4. The number of imide groups is 1. The number of carbonyl (C=O) groups is 3. The SMILES string of the molecule is Cc1ccc(C(=O)Oc2ccc(N3C(=O)[C@@H]4[C@H]5CC[C@@H](C5)[C@@H]4C3=O)cc2)cc1. The van der Waals surface area contributed by atoms with E-state index in [4.69, 9.17) is 4.74 Å². The van der Waals surface area contributed by atoms with E-state index in [1.54, 1.807) is 36.4 Å². The summed E-state index contributed by atoms with van der Waals surface area (Å²) in [6.45, 7) is 1.95. The van der Waals surface area contributed by atoms with Gasteiger partial charge < -0.3 is 4.74 Å². The molecule has 0 unspecified atom stereocenters. The van der Waals surface area contributed by atoms with Crippen molar-refractivity contribution in [1.29, 1.82) is 0 Å². The highest BCUT2D eigenvalue weighted by Gasteiger charge is 2.61. The topological polar surface area (TPSA) is 63.7 Å². The average molecular weight is 375 g/mol. The van der Waals surface area contributed by atoms with Crippen LogP contribution in [0, 0.1) is 30.6 Å². The molecule has 5 nitrogen and oxygen atoms in total. The summed E-state index contributed by atoms with van der Waals surface area (Å²) in [4.78, 5) is 39.3. The Kier molecular flexibility index (Phi) is 3.86. The van der Waals surface area contributed by atoms with Crippen LogP contribution in [0.4, 0.5) is 5.69 Å². The van der Waals surface area contributed by atoms with Crippen LogP contribution in [0.3, 0.4) is 0 Å². The Morgan fingerprint density at radius 1 is 0.893 bits per heavy atom. The van der Waals surface area contributed by atoms with Gasteiger partial charge in [0.15, 0.2) is 0 Å². The highest BCUT2D eigenvalue weighted by Crippen LogP contribution is 2.56. The van der Waals surface area contributed by atoms with Crippen molar-refractivity contribution in [1.82, 2.24) is 0 Å². The van der Waals surface area contributed by atoms with Crippen LogP contribution in [-0.2, 0) is 9.59 Å². The van der Waals surface area contributed by atoms with Crippen molar-refractivity contribution >= 4 is 23.5 Å². The maximum atomic E-state index is 12.9. The number of anilines is 1. The number of fused-ring (bicyclic) bond motifs is 5. The smallest absolute Gasteiger partial charge is 0.343 e. The Labute approximate surface area is 163 Å². The molecule has 28 heavy (non-hydrogen) atoms. The summed E-state index contributed by atoms with van der Waals surface area (Å²) in [5.41, 5.74) is 2.10. The fraction of sp³-hybridized carbons (Fsp3) is 0.348. The molecule has 2 saturated carbocycles. The number of benzene rings is 2. The van der Waals surface area contributed by atoms with Crippen molar-refractivity contribution in [2.24, 2.45) is 23.7 Å².